The lowest BCUT2D eigenvalue weighted by atomic mass is 9.89. The smallest absolute Gasteiger partial charge is 0.0831 e. The molecule has 0 fully saturated rings. The summed E-state index contributed by atoms with van der Waals surface area (Å²) in [5.74, 6) is 6.35. The Balaban J connectivity index is 2.32. The molecule has 0 spiro atoms. The first-order valence-corrected chi connectivity index (χ1v) is 7.73. The van der Waals surface area contributed by atoms with E-state index in [2.05, 4.69) is 29.6 Å². The van der Waals surface area contributed by atoms with E-state index in [1.165, 1.54) is 0 Å². The van der Waals surface area contributed by atoms with Crippen LogP contribution < -0.4 is 11.3 Å². The summed E-state index contributed by atoms with van der Waals surface area (Å²) in [6.07, 6.45) is 6.40. The van der Waals surface area contributed by atoms with E-state index in [1.54, 1.807) is 0 Å². The number of nitrogens with zero attached hydrogens (tertiary/aromatic N) is 3. The summed E-state index contributed by atoms with van der Waals surface area (Å²) in [6, 6.07) is 10.1. The van der Waals surface area contributed by atoms with Crippen LogP contribution in [-0.4, -0.2) is 15.0 Å². The maximum absolute atomic E-state index is 5.85. The lowest BCUT2D eigenvalue weighted by Gasteiger charge is -2.26. The van der Waals surface area contributed by atoms with Gasteiger partial charge in [-0.3, -0.25) is 11.3 Å². The Morgan fingerprint density at radius 3 is 2.38 bits per heavy atom. The van der Waals surface area contributed by atoms with Crippen LogP contribution >= 0.6 is 0 Å². The first kappa shape index (κ1) is 15.7. The number of hydrazine groups is 1. The minimum absolute atomic E-state index is 0.0695. The van der Waals surface area contributed by atoms with Crippen LogP contribution in [0.2, 0.25) is 0 Å². The molecule has 0 amide bonds. The largest absolute Gasteiger partial charge is 0.271 e. The van der Waals surface area contributed by atoms with E-state index in [0.717, 1.165) is 37.1 Å². The summed E-state index contributed by atoms with van der Waals surface area (Å²) in [7, 11) is 0. The van der Waals surface area contributed by atoms with Gasteiger partial charge in [-0.2, -0.15) is 0 Å². The molecule has 0 aliphatic heterocycles. The molecular weight excluding hydrogens is 262 g/mol. The van der Waals surface area contributed by atoms with Gasteiger partial charge in [0.15, 0.2) is 0 Å². The van der Waals surface area contributed by atoms with Gasteiger partial charge in [0.05, 0.1) is 23.6 Å². The quantitative estimate of drug-likeness (QED) is 0.578. The molecule has 21 heavy (non-hydrogen) atoms. The second-order valence-corrected chi connectivity index (χ2v) is 5.39. The Labute approximate surface area is 126 Å². The normalized spacial score (nSPS) is 12.8. The maximum Gasteiger partial charge on any atom is 0.0831 e. The molecule has 1 aromatic heterocycles. The lowest BCUT2D eigenvalue weighted by molar-refractivity contribution is 0.310. The summed E-state index contributed by atoms with van der Waals surface area (Å²) in [6.45, 7) is 4.42. The Hall–Kier alpha value is -1.72. The Kier molecular flexibility index (Phi) is 5.90. The van der Waals surface area contributed by atoms with Crippen LogP contribution in [0, 0.1) is 5.92 Å². The summed E-state index contributed by atoms with van der Waals surface area (Å²) >= 11 is 0. The molecular formula is C16H25N5. The standard InChI is InChI=1S/C16H25N5/c1-3-8-13(9-4-2)16(19-17)15-12-18-20-21(15)14-10-6-5-7-11-14/h5-7,10-13,16,19H,3-4,8-9,17H2,1-2H3. The number of benzene rings is 1. The summed E-state index contributed by atoms with van der Waals surface area (Å²) < 4.78 is 1.88. The molecule has 0 bridgehead atoms. The Morgan fingerprint density at radius 1 is 1.14 bits per heavy atom. The fourth-order valence-corrected chi connectivity index (χ4v) is 2.91. The van der Waals surface area contributed by atoms with Gasteiger partial charge in [-0.25, -0.2) is 4.68 Å². The van der Waals surface area contributed by atoms with Crippen LogP contribution in [-0.2, 0) is 0 Å². The van der Waals surface area contributed by atoms with Gasteiger partial charge >= 0.3 is 0 Å². The molecule has 3 N–H and O–H groups in total. The highest BCUT2D eigenvalue weighted by Crippen LogP contribution is 2.29. The zero-order valence-electron chi connectivity index (χ0n) is 12.9. The number of aromatic nitrogens is 3. The van der Waals surface area contributed by atoms with Crippen molar-refractivity contribution in [2.45, 2.75) is 45.6 Å². The Morgan fingerprint density at radius 2 is 1.81 bits per heavy atom. The fourth-order valence-electron chi connectivity index (χ4n) is 2.91. The van der Waals surface area contributed by atoms with Crippen molar-refractivity contribution >= 4 is 0 Å². The third-order valence-electron chi connectivity index (χ3n) is 3.86. The van der Waals surface area contributed by atoms with Crippen LogP contribution in [0.4, 0.5) is 0 Å². The molecule has 0 aliphatic rings. The number of hydrogen-bond acceptors (Lipinski definition) is 4. The minimum atomic E-state index is 0.0695. The van der Waals surface area contributed by atoms with Crippen molar-refractivity contribution in [2.24, 2.45) is 11.8 Å². The number of nitrogens with one attached hydrogen (secondary N) is 1. The number of rotatable bonds is 8. The van der Waals surface area contributed by atoms with Gasteiger partial charge in [-0.15, -0.1) is 5.10 Å². The summed E-state index contributed by atoms with van der Waals surface area (Å²) in [5.41, 5.74) is 5.02. The number of hydrogen-bond donors (Lipinski definition) is 2. The van der Waals surface area contributed by atoms with Crippen LogP contribution in [0.15, 0.2) is 36.5 Å². The van der Waals surface area contributed by atoms with Crippen LogP contribution in [0.25, 0.3) is 5.69 Å². The van der Waals surface area contributed by atoms with E-state index >= 15 is 0 Å². The molecule has 114 valence electrons. The summed E-state index contributed by atoms with van der Waals surface area (Å²) in [4.78, 5) is 0. The zero-order chi connectivity index (χ0) is 15.1. The van der Waals surface area contributed by atoms with E-state index in [-0.39, 0.29) is 6.04 Å². The molecule has 5 nitrogen and oxygen atoms in total. The van der Waals surface area contributed by atoms with Crippen molar-refractivity contribution in [1.29, 1.82) is 0 Å². The molecule has 1 unspecified atom stereocenters. The second kappa shape index (κ2) is 7.90. The van der Waals surface area contributed by atoms with Crippen molar-refractivity contribution in [3.05, 3.63) is 42.2 Å². The average molecular weight is 287 g/mol. The van der Waals surface area contributed by atoms with E-state index in [9.17, 15) is 0 Å². The first-order chi connectivity index (χ1) is 10.3. The van der Waals surface area contributed by atoms with Crippen molar-refractivity contribution in [3.8, 4) is 5.69 Å². The van der Waals surface area contributed by atoms with Crippen LogP contribution in [0.5, 0.6) is 0 Å². The molecule has 2 aromatic rings. The molecule has 0 saturated heterocycles. The van der Waals surface area contributed by atoms with E-state index in [1.807, 2.05) is 41.2 Å². The molecule has 1 heterocycles. The van der Waals surface area contributed by atoms with E-state index in [0.29, 0.717) is 5.92 Å². The second-order valence-electron chi connectivity index (χ2n) is 5.39. The lowest BCUT2D eigenvalue weighted by Crippen LogP contribution is -2.35. The highest BCUT2D eigenvalue weighted by Gasteiger charge is 2.25. The van der Waals surface area contributed by atoms with Gasteiger partial charge in [0.2, 0.25) is 0 Å². The predicted octanol–water partition coefficient (Wildman–Crippen LogP) is 2.99. The molecule has 1 aromatic carbocycles. The number of nitrogens with two attached hydrogens (primary N) is 1. The minimum Gasteiger partial charge on any atom is -0.271 e. The van der Waals surface area contributed by atoms with Gasteiger partial charge in [0.1, 0.15) is 0 Å². The monoisotopic (exact) mass is 287 g/mol. The highest BCUT2D eigenvalue weighted by atomic mass is 15.4. The fraction of sp³-hybridized carbons (Fsp3) is 0.500. The van der Waals surface area contributed by atoms with Gasteiger partial charge in [0.25, 0.3) is 0 Å². The van der Waals surface area contributed by atoms with Gasteiger partial charge in [-0.1, -0.05) is 50.1 Å². The topological polar surface area (TPSA) is 68.8 Å². The van der Waals surface area contributed by atoms with Gasteiger partial charge in [-0.05, 0) is 30.9 Å². The Bertz CT molecular complexity index is 516. The summed E-state index contributed by atoms with van der Waals surface area (Å²) in [5, 5.41) is 8.32. The SMILES string of the molecule is CCCC(CCC)C(NN)c1cnnn1-c1ccccc1. The zero-order valence-corrected chi connectivity index (χ0v) is 12.9. The molecule has 0 radical (unpaired) electrons. The van der Waals surface area contributed by atoms with Crippen LogP contribution in [0.3, 0.4) is 0 Å². The first-order valence-electron chi connectivity index (χ1n) is 7.73. The van der Waals surface area contributed by atoms with Crippen molar-refractivity contribution in [2.75, 3.05) is 0 Å². The third-order valence-corrected chi connectivity index (χ3v) is 3.86. The third kappa shape index (κ3) is 3.68. The maximum atomic E-state index is 5.85. The van der Waals surface area contributed by atoms with E-state index < -0.39 is 0 Å². The molecule has 0 saturated carbocycles. The molecule has 2 rings (SSSR count). The predicted molar refractivity (Wildman–Crippen MR) is 84.7 cm³/mol. The van der Waals surface area contributed by atoms with Crippen LogP contribution in [0.1, 0.15) is 51.3 Å². The molecule has 5 heteroatoms. The van der Waals surface area contributed by atoms with Gasteiger partial charge < -0.3 is 0 Å². The average Bonchev–Trinajstić information content (AvgIpc) is 2.99. The number of para-hydroxylation sites is 1. The molecule has 1 atom stereocenters. The van der Waals surface area contributed by atoms with Gasteiger partial charge in [0, 0.05) is 0 Å². The van der Waals surface area contributed by atoms with Crippen molar-refractivity contribution < 1.29 is 0 Å². The van der Waals surface area contributed by atoms with Crippen molar-refractivity contribution in [3.63, 3.8) is 0 Å². The highest BCUT2D eigenvalue weighted by molar-refractivity contribution is 5.32. The van der Waals surface area contributed by atoms with E-state index in [4.69, 9.17) is 5.84 Å². The van der Waals surface area contributed by atoms with Crippen molar-refractivity contribution in [1.82, 2.24) is 20.4 Å². The molecule has 0 aliphatic carbocycles.